The van der Waals surface area contributed by atoms with E-state index in [1.165, 1.54) is 0 Å². The molecule has 1 fully saturated rings. The van der Waals surface area contributed by atoms with Crippen LogP contribution < -0.4 is 5.73 Å². The van der Waals surface area contributed by atoms with Crippen LogP contribution in [-0.2, 0) is 4.79 Å². The Balaban J connectivity index is 2.65. The quantitative estimate of drug-likeness (QED) is 0.808. The van der Waals surface area contributed by atoms with Gasteiger partial charge in [-0.15, -0.1) is 0 Å². The summed E-state index contributed by atoms with van der Waals surface area (Å²) in [5, 5.41) is 0. The maximum atomic E-state index is 12.8. The van der Waals surface area contributed by atoms with Crippen molar-refractivity contribution in [3.8, 4) is 0 Å². The summed E-state index contributed by atoms with van der Waals surface area (Å²) >= 11 is 0. The van der Waals surface area contributed by atoms with Crippen LogP contribution in [0.25, 0.3) is 0 Å². The van der Waals surface area contributed by atoms with Gasteiger partial charge in [-0.1, -0.05) is 20.8 Å². The summed E-state index contributed by atoms with van der Waals surface area (Å²) in [5.74, 6) is 1.46. The van der Waals surface area contributed by atoms with Crippen molar-refractivity contribution in [1.29, 1.82) is 0 Å². The second kappa shape index (κ2) is 7.99. The van der Waals surface area contributed by atoms with Crippen molar-refractivity contribution in [1.82, 2.24) is 9.80 Å². The molecule has 0 bridgehead atoms. The van der Waals surface area contributed by atoms with Crippen LogP contribution in [0.2, 0.25) is 0 Å². The van der Waals surface area contributed by atoms with Crippen LogP contribution in [0.5, 0.6) is 0 Å². The van der Waals surface area contributed by atoms with Gasteiger partial charge in [0.1, 0.15) is 0 Å². The first kappa shape index (κ1) is 17.4. The van der Waals surface area contributed by atoms with Gasteiger partial charge in [0.05, 0.1) is 0 Å². The van der Waals surface area contributed by atoms with Crippen LogP contribution in [0, 0.1) is 17.8 Å². The fraction of sp³-hybridized carbons (Fsp3) is 0.938. The summed E-state index contributed by atoms with van der Waals surface area (Å²) in [6.07, 6.45) is 2.93. The fourth-order valence-corrected chi connectivity index (χ4v) is 3.09. The Labute approximate surface area is 124 Å². The molecule has 4 heteroatoms. The molecule has 2 N–H and O–H groups in total. The average molecular weight is 283 g/mol. The lowest BCUT2D eigenvalue weighted by Gasteiger charge is -2.36. The normalized spacial score (nSPS) is 27.1. The first-order valence-electron chi connectivity index (χ1n) is 8.00. The van der Waals surface area contributed by atoms with Crippen molar-refractivity contribution in [3.63, 3.8) is 0 Å². The van der Waals surface area contributed by atoms with Crippen LogP contribution in [0.4, 0.5) is 0 Å². The highest BCUT2D eigenvalue weighted by Gasteiger charge is 2.33. The van der Waals surface area contributed by atoms with E-state index >= 15 is 0 Å². The number of nitrogens with zero attached hydrogens (tertiary/aromatic N) is 2. The van der Waals surface area contributed by atoms with Crippen molar-refractivity contribution >= 4 is 5.91 Å². The third-order valence-electron chi connectivity index (χ3n) is 4.24. The van der Waals surface area contributed by atoms with Crippen LogP contribution in [0.1, 0.15) is 40.0 Å². The number of carbonyl (C=O) groups is 1. The van der Waals surface area contributed by atoms with Crippen molar-refractivity contribution in [3.05, 3.63) is 0 Å². The first-order chi connectivity index (χ1) is 9.31. The van der Waals surface area contributed by atoms with E-state index in [1.54, 1.807) is 0 Å². The molecular formula is C16H33N3O. The summed E-state index contributed by atoms with van der Waals surface area (Å²) in [6, 6.07) is 0.286. The topological polar surface area (TPSA) is 49.6 Å². The molecule has 1 aliphatic carbocycles. The SMILES string of the molecule is CC(C)CN(CCN(C)C)C(=O)C1CCC(N)CC1C. The molecule has 0 aliphatic heterocycles. The molecule has 0 saturated heterocycles. The highest BCUT2D eigenvalue weighted by Crippen LogP contribution is 2.30. The van der Waals surface area contributed by atoms with Crippen molar-refractivity contribution in [2.75, 3.05) is 33.7 Å². The van der Waals surface area contributed by atoms with Gasteiger partial charge in [-0.25, -0.2) is 0 Å². The lowest BCUT2D eigenvalue weighted by molar-refractivity contribution is -0.139. The van der Waals surface area contributed by atoms with Crippen LogP contribution in [0.15, 0.2) is 0 Å². The Kier molecular flexibility index (Phi) is 6.96. The van der Waals surface area contributed by atoms with Gasteiger partial charge in [-0.3, -0.25) is 4.79 Å². The van der Waals surface area contributed by atoms with Gasteiger partial charge in [0, 0.05) is 31.6 Å². The van der Waals surface area contributed by atoms with Gasteiger partial charge < -0.3 is 15.5 Å². The van der Waals surface area contributed by atoms with Crippen LogP contribution >= 0.6 is 0 Å². The molecular weight excluding hydrogens is 250 g/mol. The van der Waals surface area contributed by atoms with E-state index in [0.717, 1.165) is 38.9 Å². The van der Waals surface area contributed by atoms with Crippen molar-refractivity contribution in [2.45, 2.75) is 46.1 Å². The molecule has 1 rings (SSSR count). The molecule has 0 heterocycles. The zero-order valence-corrected chi connectivity index (χ0v) is 13.9. The number of hydrogen-bond donors (Lipinski definition) is 1. The first-order valence-corrected chi connectivity index (χ1v) is 8.00. The Morgan fingerprint density at radius 2 is 1.90 bits per heavy atom. The van der Waals surface area contributed by atoms with Crippen molar-refractivity contribution < 1.29 is 4.79 Å². The van der Waals surface area contributed by atoms with E-state index in [2.05, 4.69) is 44.7 Å². The largest absolute Gasteiger partial charge is 0.341 e. The standard InChI is InChI=1S/C16H33N3O/c1-12(2)11-19(9-8-18(4)5)16(20)15-7-6-14(17)10-13(15)3/h12-15H,6-11,17H2,1-5H3. The number of likely N-dealkylation sites (N-methyl/N-ethyl adjacent to an activating group) is 1. The van der Waals surface area contributed by atoms with Gasteiger partial charge in [-0.05, 0) is 45.2 Å². The van der Waals surface area contributed by atoms with Crippen LogP contribution in [0.3, 0.4) is 0 Å². The van der Waals surface area contributed by atoms with Gasteiger partial charge in [0.2, 0.25) is 5.91 Å². The summed E-state index contributed by atoms with van der Waals surface area (Å²) in [4.78, 5) is 17.0. The monoisotopic (exact) mass is 283 g/mol. The van der Waals surface area contributed by atoms with Crippen molar-refractivity contribution in [2.24, 2.45) is 23.5 Å². The molecule has 4 nitrogen and oxygen atoms in total. The number of carbonyl (C=O) groups excluding carboxylic acids is 1. The minimum Gasteiger partial charge on any atom is -0.341 e. The Hall–Kier alpha value is -0.610. The van der Waals surface area contributed by atoms with Gasteiger partial charge in [0.25, 0.3) is 0 Å². The predicted octanol–water partition coefficient (Wildman–Crippen LogP) is 1.80. The zero-order valence-electron chi connectivity index (χ0n) is 13.9. The fourth-order valence-electron chi connectivity index (χ4n) is 3.09. The third kappa shape index (κ3) is 5.41. The maximum Gasteiger partial charge on any atom is 0.226 e. The second-order valence-electron chi connectivity index (χ2n) is 7.14. The lowest BCUT2D eigenvalue weighted by atomic mass is 9.77. The van der Waals surface area contributed by atoms with Crippen LogP contribution in [-0.4, -0.2) is 55.5 Å². The van der Waals surface area contributed by atoms with Gasteiger partial charge in [-0.2, -0.15) is 0 Å². The summed E-state index contributed by atoms with van der Waals surface area (Å²) in [5.41, 5.74) is 6.01. The minimum absolute atomic E-state index is 0.177. The molecule has 0 radical (unpaired) electrons. The van der Waals surface area contributed by atoms with E-state index in [4.69, 9.17) is 5.73 Å². The molecule has 3 unspecified atom stereocenters. The highest BCUT2D eigenvalue weighted by molar-refractivity contribution is 5.79. The Bertz CT molecular complexity index is 304. The van der Waals surface area contributed by atoms with E-state index in [1.807, 2.05) is 0 Å². The number of nitrogens with two attached hydrogens (primary N) is 1. The predicted molar refractivity (Wildman–Crippen MR) is 84.5 cm³/mol. The molecule has 0 aromatic heterocycles. The molecule has 1 saturated carbocycles. The van der Waals surface area contributed by atoms with E-state index < -0.39 is 0 Å². The Morgan fingerprint density at radius 3 is 2.40 bits per heavy atom. The summed E-state index contributed by atoms with van der Waals surface area (Å²) in [7, 11) is 4.11. The maximum absolute atomic E-state index is 12.8. The lowest BCUT2D eigenvalue weighted by Crippen LogP contribution is -2.46. The van der Waals surface area contributed by atoms with E-state index in [-0.39, 0.29) is 12.0 Å². The molecule has 0 aromatic carbocycles. The summed E-state index contributed by atoms with van der Waals surface area (Å²) in [6.45, 7) is 9.16. The van der Waals surface area contributed by atoms with E-state index in [9.17, 15) is 4.79 Å². The molecule has 118 valence electrons. The minimum atomic E-state index is 0.177. The average Bonchev–Trinajstić information content (AvgIpc) is 2.33. The smallest absolute Gasteiger partial charge is 0.226 e. The molecule has 0 spiro atoms. The number of rotatable bonds is 6. The Morgan fingerprint density at radius 1 is 1.25 bits per heavy atom. The molecule has 3 atom stereocenters. The highest BCUT2D eigenvalue weighted by atomic mass is 16.2. The number of amides is 1. The molecule has 0 aromatic rings. The van der Waals surface area contributed by atoms with E-state index in [0.29, 0.717) is 17.7 Å². The molecule has 20 heavy (non-hydrogen) atoms. The summed E-state index contributed by atoms with van der Waals surface area (Å²) < 4.78 is 0. The third-order valence-corrected chi connectivity index (χ3v) is 4.24. The second-order valence-corrected chi connectivity index (χ2v) is 7.14. The zero-order chi connectivity index (χ0) is 15.3. The van der Waals surface area contributed by atoms with Gasteiger partial charge >= 0.3 is 0 Å². The number of hydrogen-bond acceptors (Lipinski definition) is 3. The molecule has 1 amide bonds. The van der Waals surface area contributed by atoms with Gasteiger partial charge in [0.15, 0.2) is 0 Å². The molecule has 1 aliphatic rings.